The third-order valence-corrected chi connectivity index (χ3v) is 4.44. The number of benzene rings is 1. The molecule has 0 spiro atoms. The summed E-state index contributed by atoms with van der Waals surface area (Å²) in [6, 6.07) is 6.25. The van der Waals surface area contributed by atoms with Gasteiger partial charge in [0.15, 0.2) is 11.2 Å². The number of aromatic nitrogens is 4. The lowest BCUT2D eigenvalue weighted by Crippen LogP contribution is -2.37. The van der Waals surface area contributed by atoms with Gasteiger partial charge in [0.2, 0.25) is 5.95 Å². The molecule has 11 heteroatoms. The number of nitrogens with one attached hydrogen (secondary N) is 1. The number of imidazole rings is 1. The van der Waals surface area contributed by atoms with Crippen LogP contribution in [0.1, 0.15) is 5.56 Å². The number of hydrogen-bond donors (Lipinski definition) is 2. The first-order valence-electron chi connectivity index (χ1n) is 8.49. The van der Waals surface area contributed by atoms with Crippen molar-refractivity contribution in [3.8, 4) is 0 Å². The summed E-state index contributed by atoms with van der Waals surface area (Å²) in [5, 5.41) is 22.8. The zero-order chi connectivity index (χ0) is 20.4. The first kappa shape index (κ1) is 19.6. The molecule has 2 heterocycles. The first-order chi connectivity index (χ1) is 13.3. The fraction of sp³-hybridized carbons (Fsp3) is 0.353. The monoisotopic (exact) mass is 389 g/mol. The van der Waals surface area contributed by atoms with Crippen molar-refractivity contribution in [1.29, 1.82) is 0 Å². The fourth-order valence-electron chi connectivity index (χ4n) is 2.91. The summed E-state index contributed by atoms with van der Waals surface area (Å²) in [4.78, 5) is 29.4. The minimum atomic E-state index is -0.464. The zero-order valence-electron chi connectivity index (χ0n) is 15.7. The van der Waals surface area contributed by atoms with Gasteiger partial charge in [-0.1, -0.05) is 12.1 Å². The van der Waals surface area contributed by atoms with Crippen molar-refractivity contribution < 1.29 is 9.94 Å². The average Bonchev–Trinajstić information content (AvgIpc) is 3.04. The Bertz CT molecular complexity index is 1100. The van der Waals surface area contributed by atoms with Crippen molar-refractivity contribution in [2.24, 2.45) is 14.1 Å². The lowest BCUT2D eigenvalue weighted by molar-refractivity contribution is 0.210. The maximum absolute atomic E-state index is 12.8. The Kier molecular flexibility index (Phi) is 5.49. The fourth-order valence-corrected chi connectivity index (χ4v) is 2.91. The Morgan fingerprint density at radius 2 is 1.89 bits per heavy atom. The number of anilines is 2. The van der Waals surface area contributed by atoms with E-state index in [1.54, 1.807) is 30.9 Å². The molecule has 150 valence electrons. The van der Waals surface area contributed by atoms with E-state index in [1.807, 2.05) is 0 Å². The van der Waals surface area contributed by atoms with E-state index in [2.05, 4.69) is 10.3 Å². The molecule has 0 saturated carbocycles. The van der Waals surface area contributed by atoms with Crippen LogP contribution in [0.4, 0.5) is 11.6 Å². The normalized spacial score (nSPS) is 11.2. The molecular weight excluding hydrogens is 368 g/mol. The zero-order valence-corrected chi connectivity index (χ0v) is 15.7. The highest BCUT2D eigenvalue weighted by Crippen LogP contribution is 2.19. The number of ether oxygens (including phenoxy) is 1. The van der Waals surface area contributed by atoms with Crippen molar-refractivity contribution in [2.75, 3.05) is 30.8 Å². The maximum Gasteiger partial charge on any atom is 0.332 e. The molecule has 0 atom stereocenters. The molecule has 28 heavy (non-hydrogen) atoms. The van der Waals surface area contributed by atoms with E-state index >= 15 is 0 Å². The Labute approximate surface area is 159 Å². The van der Waals surface area contributed by atoms with Crippen molar-refractivity contribution in [3.63, 3.8) is 0 Å². The number of hydrogen-bond acceptors (Lipinski definition) is 8. The van der Waals surface area contributed by atoms with Crippen LogP contribution >= 0.6 is 0 Å². The molecule has 0 saturated heterocycles. The second-order valence-electron chi connectivity index (χ2n) is 6.26. The van der Waals surface area contributed by atoms with E-state index in [-0.39, 0.29) is 28.6 Å². The van der Waals surface area contributed by atoms with E-state index in [9.17, 15) is 14.8 Å². The topological polar surface area (TPSA) is 130 Å². The predicted octanol–water partition coefficient (Wildman–Crippen LogP) is 0.234. The molecule has 0 bridgehead atoms. The summed E-state index contributed by atoms with van der Waals surface area (Å²) in [6.07, 6.45) is 0. The van der Waals surface area contributed by atoms with Gasteiger partial charge in [0, 0.05) is 27.7 Å². The van der Waals surface area contributed by atoms with Crippen molar-refractivity contribution >= 4 is 22.8 Å². The minimum absolute atomic E-state index is 0.0935. The van der Waals surface area contributed by atoms with E-state index in [1.165, 1.54) is 23.7 Å². The highest BCUT2D eigenvalue weighted by Gasteiger charge is 2.19. The Morgan fingerprint density at radius 1 is 1.21 bits per heavy atom. The van der Waals surface area contributed by atoms with Crippen LogP contribution in [-0.4, -0.2) is 44.2 Å². The standard InChI is InChI=1S/C17H21N6O5/c1-20-14-13(15(24)21(2)17(20)25)22(16(19-14)18-8-9-28-3)10-11-4-6-12(7-5-11)23(26)27/h4-7,26H,8-10H2,1-3H3,(H,18,19)/q-1. The number of methoxy groups -OCH3 is 1. The number of fused-ring (bicyclic) bond motifs is 1. The molecular formula is C17H21N6O5-. The average molecular weight is 389 g/mol. The molecule has 0 amide bonds. The number of rotatable bonds is 7. The van der Waals surface area contributed by atoms with Gasteiger partial charge in [-0.3, -0.25) is 23.7 Å². The smallest absolute Gasteiger partial charge is 0.332 e. The predicted molar refractivity (Wildman–Crippen MR) is 104 cm³/mol. The molecule has 2 N–H and O–H groups in total. The first-order valence-corrected chi connectivity index (χ1v) is 8.49. The molecule has 1 aromatic carbocycles. The van der Waals surface area contributed by atoms with E-state index in [0.717, 1.165) is 10.1 Å². The molecule has 0 aliphatic heterocycles. The van der Waals surface area contributed by atoms with E-state index < -0.39 is 11.2 Å². The lowest BCUT2D eigenvalue weighted by Gasteiger charge is -2.21. The molecule has 0 fully saturated rings. The van der Waals surface area contributed by atoms with Crippen molar-refractivity contribution in [2.45, 2.75) is 6.54 Å². The minimum Gasteiger partial charge on any atom is -0.733 e. The van der Waals surface area contributed by atoms with Crippen molar-refractivity contribution in [3.05, 3.63) is 55.9 Å². The summed E-state index contributed by atoms with van der Waals surface area (Å²) in [5.74, 6) is 0.419. The number of nitrogens with zero attached hydrogens (tertiary/aromatic N) is 5. The summed E-state index contributed by atoms with van der Waals surface area (Å²) in [7, 11) is 4.55. The summed E-state index contributed by atoms with van der Waals surface area (Å²) >= 11 is 0. The molecule has 11 nitrogen and oxygen atoms in total. The quantitative estimate of drug-likeness (QED) is 0.434. The molecule has 3 rings (SSSR count). The van der Waals surface area contributed by atoms with Gasteiger partial charge in [0.1, 0.15) is 0 Å². The molecule has 0 radical (unpaired) electrons. The van der Waals surface area contributed by atoms with Gasteiger partial charge < -0.3 is 20.5 Å². The van der Waals surface area contributed by atoms with Crippen LogP contribution in [0.2, 0.25) is 0 Å². The van der Waals surface area contributed by atoms with Crippen LogP contribution in [0.25, 0.3) is 11.2 Å². The Balaban J connectivity index is 2.13. The number of aryl methyl sites for hydroxylation is 1. The Morgan fingerprint density at radius 3 is 2.50 bits per heavy atom. The molecule has 0 unspecified atom stereocenters. The van der Waals surface area contributed by atoms with Gasteiger partial charge >= 0.3 is 5.69 Å². The van der Waals surface area contributed by atoms with Crippen LogP contribution in [-0.2, 0) is 25.4 Å². The van der Waals surface area contributed by atoms with Crippen LogP contribution in [0.5, 0.6) is 0 Å². The van der Waals surface area contributed by atoms with Gasteiger partial charge in [-0.05, 0) is 17.7 Å². The second-order valence-corrected chi connectivity index (χ2v) is 6.26. The van der Waals surface area contributed by atoms with Gasteiger partial charge in [-0.15, -0.1) is 0 Å². The molecule has 2 aromatic heterocycles. The lowest BCUT2D eigenvalue weighted by atomic mass is 10.2. The largest absolute Gasteiger partial charge is 0.733 e. The highest BCUT2D eigenvalue weighted by atomic mass is 16.8. The van der Waals surface area contributed by atoms with Crippen LogP contribution in [0.15, 0.2) is 33.9 Å². The third kappa shape index (κ3) is 3.50. The van der Waals surface area contributed by atoms with E-state index in [4.69, 9.17) is 9.94 Å². The maximum atomic E-state index is 12.8. The highest BCUT2D eigenvalue weighted by molar-refractivity contribution is 5.74. The van der Waals surface area contributed by atoms with Crippen LogP contribution in [0, 0.1) is 5.21 Å². The van der Waals surface area contributed by atoms with Crippen molar-refractivity contribution in [1.82, 2.24) is 18.7 Å². The summed E-state index contributed by atoms with van der Waals surface area (Å²) in [5.41, 5.74) is 0.495. The van der Waals surface area contributed by atoms with Gasteiger partial charge in [0.05, 0.1) is 18.8 Å². The van der Waals surface area contributed by atoms with Crippen LogP contribution in [0.3, 0.4) is 0 Å². The van der Waals surface area contributed by atoms with Gasteiger partial charge in [-0.25, -0.2) is 4.79 Å². The summed E-state index contributed by atoms with van der Waals surface area (Å²) in [6.45, 7) is 1.16. The molecule has 3 aromatic rings. The molecule has 0 aliphatic rings. The van der Waals surface area contributed by atoms with Gasteiger partial charge in [0.25, 0.3) is 5.56 Å². The SMILES string of the molecule is COCCNc1nc2c(c(=O)n(C)c(=O)n2C)n1Cc1ccc(N([O-])O)cc1. The second kappa shape index (κ2) is 7.84. The van der Waals surface area contributed by atoms with Gasteiger partial charge in [-0.2, -0.15) is 4.98 Å². The summed E-state index contributed by atoms with van der Waals surface area (Å²) < 4.78 is 9.06. The third-order valence-electron chi connectivity index (χ3n) is 4.44. The Hall–Kier alpha value is -3.15. The van der Waals surface area contributed by atoms with Crippen LogP contribution < -0.4 is 21.8 Å². The molecule has 0 aliphatic carbocycles. The van der Waals surface area contributed by atoms with E-state index in [0.29, 0.717) is 19.1 Å².